The molecule has 2 aromatic heterocycles. The molecule has 4 rings (SSSR count). The van der Waals surface area contributed by atoms with Crippen molar-refractivity contribution in [2.24, 2.45) is 0 Å². The molecule has 1 aliphatic heterocycles. The minimum Gasteiger partial charge on any atom is -0.399 e. The van der Waals surface area contributed by atoms with Crippen LogP contribution in [0.15, 0.2) is 36.9 Å². The molecule has 10 nitrogen and oxygen atoms in total. The monoisotopic (exact) mass is 371 g/mol. The highest BCUT2D eigenvalue weighted by Gasteiger charge is 2.44. The van der Waals surface area contributed by atoms with Crippen LogP contribution in [0.25, 0.3) is 11.2 Å². The largest absolute Gasteiger partial charge is 0.399 e. The van der Waals surface area contributed by atoms with Gasteiger partial charge in [0, 0.05) is 18.8 Å². The van der Waals surface area contributed by atoms with Gasteiger partial charge >= 0.3 is 0 Å². The first-order chi connectivity index (χ1) is 13.0. The summed E-state index contributed by atoms with van der Waals surface area (Å²) in [7, 11) is 0. The molecule has 0 radical (unpaired) electrons. The van der Waals surface area contributed by atoms with Gasteiger partial charge in [0.2, 0.25) is 0 Å². The van der Waals surface area contributed by atoms with Gasteiger partial charge in [-0.2, -0.15) is 0 Å². The minimum atomic E-state index is -1.13. The van der Waals surface area contributed by atoms with E-state index >= 15 is 0 Å². The standard InChI is InChI=1S/C17H21N7O3/c18-10-3-1-2-9(4-10)5-20-6-11-13(25)14(26)17(27-11)24-8-23-12-15(19)21-7-22-16(12)24/h1-4,7-8,11,13-14,17,20,25-26H,5-6,18H2,(H2,19,21,22)/t11-,13-,14-,17-/m1/s1. The first-order valence-electron chi connectivity index (χ1n) is 8.54. The van der Waals surface area contributed by atoms with E-state index < -0.39 is 24.5 Å². The number of anilines is 2. The average Bonchev–Trinajstić information content (AvgIpc) is 3.19. The lowest BCUT2D eigenvalue weighted by molar-refractivity contribution is -0.0342. The fourth-order valence-electron chi connectivity index (χ4n) is 3.25. The number of aromatic nitrogens is 4. The van der Waals surface area contributed by atoms with E-state index in [9.17, 15) is 10.2 Å². The zero-order valence-electron chi connectivity index (χ0n) is 14.4. The van der Waals surface area contributed by atoms with Crippen LogP contribution in [0.3, 0.4) is 0 Å². The topological polar surface area (TPSA) is 157 Å². The number of nitrogens with one attached hydrogen (secondary N) is 1. The van der Waals surface area contributed by atoms with Crippen LogP contribution in [0.1, 0.15) is 11.8 Å². The summed E-state index contributed by atoms with van der Waals surface area (Å²) in [5, 5.41) is 24.0. The normalized spacial score (nSPS) is 25.3. The maximum atomic E-state index is 10.4. The Kier molecular flexibility index (Phi) is 4.62. The summed E-state index contributed by atoms with van der Waals surface area (Å²) in [5.74, 6) is 0.243. The van der Waals surface area contributed by atoms with Crippen LogP contribution >= 0.6 is 0 Å². The third kappa shape index (κ3) is 3.30. The summed E-state index contributed by atoms with van der Waals surface area (Å²) in [6.45, 7) is 0.920. The lowest BCUT2D eigenvalue weighted by Crippen LogP contribution is -2.37. The molecule has 27 heavy (non-hydrogen) atoms. The fraction of sp³-hybridized carbons (Fsp3) is 0.353. The van der Waals surface area contributed by atoms with Crippen molar-refractivity contribution in [3.8, 4) is 0 Å². The zero-order valence-corrected chi connectivity index (χ0v) is 14.4. The van der Waals surface area contributed by atoms with E-state index in [2.05, 4.69) is 20.3 Å². The molecule has 7 N–H and O–H groups in total. The van der Waals surface area contributed by atoms with E-state index in [1.54, 1.807) is 4.57 Å². The number of aliphatic hydroxyl groups is 2. The Balaban J connectivity index is 1.45. The summed E-state index contributed by atoms with van der Waals surface area (Å²) in [5.41, 5.74) is 14.1. The summed E-state index contributed by atoms with van der Waals surface area (Å²) < 4.78 is 7.43. The molecule has 1 fully saturated rings. The number of benzene rings is 1. The maximum absolute atomic E-state index is 10.4. The number of imidazole rings is 1. The van der Waals surface area contributed by atoms with Gasteiger partial charge in [-0.25, -0.2) is 15.0 Å². The number of aliphatic hydroxyl groups excluding tert-OH is 2. The van der Waals surface area contributed by atoms with E-state index in [0.29, 0.717) is 29.9 Å². The first kappa shape index (κ1) is 17.6. The van der Waals surface area contributed by atoms with E-state index in [1.807, 2.05) is 24.3 Å². The van der Waals surface area contributed by atoms with Crippen molar-refractivity contribution in [2.45, 2.75) is 31.1 Å². The lowest BCUT2D eigenvalue weighted by atomic mass is 10.1. The Morgan fingerprint density at radius 1 is 1.15 bits per heavy atom. The molecule has 1 saturated heterocycles. The Labute approximate surface area is 154 Å². The highest BCUT2D eigenvalue weighted by atomic mass is 16.6. The first-order valence-corrected chi connectivity index (χ1v) is 8.54. The number of nitrogens with two attached hydrogens (primary N) is 2. The van der Waals surface area contributed by atoms with Crippen LogP contribution in [-0.4, -0.2) is 54.6 Å². The molecule has 1 aromatic carbocycles. The van der Waals surface area contributed by atoms with Crippen LogP contribution < -0.4 is 16.8 Å². The van der Waals surface area contributed by atoms with Gasteiger partial charge in [-0.3, -0.25) is 4.57 Å². The predicted molar refractivity (Wildman–Crippen MR) is 98.2 cm³/mol. The van der Waals surface area contributed by atoms with Gasteiger partial charge in [-0.15, -0.1) is 0 Å². The third-order valence-electron chi connectivity index (χ3n) is 4.62. The van der Waals surface area contributed by atoms with Gasteiger partial charge in [0.25, 0.3) is 0 Å². The van der Waals surface area contributed by atoms with Crippen LogP contribution in [-0.2, 0) is 11.3 Å². The second-order valence-corrected chi connectivity index (χ2v) is 6.51. The van der Waals surface area contributed by atoms with Crippen molar-refractivity contribution >= 4 is 22.7 Å². The van der Waals surface area contributed by atoms with E-state index in [0.717, 1.165) is 5.56 Å². The van der Waals surface area contributed by atoms with Gasteiger partial charge < -0.3 is 31.7 Å². The van der Waals surface area contributed by atoms with Crippen molar-refractivity contribution in [1.82, 2.24) is 24.8 Å². The van der Waals surface area contributed by atoms with E-state index in [1.165, 1.54) is 12.7 Å². The number of rotatable bonds is 5. The SMILES string of the molecule is Nc1cccc(CNC[C@H]2O[C@@H](n3cnc4c(N)ncnc43)[C@H](O)[C@@H]2O)c1. The van der Waals surface area contributed by atoms with Crippen molar-refractivity contribution < 1.29 is 14.9 Å². The van der Waals surface area contributed by atoms with E-state index in [4.69, 9.17) is 16.2 Å². The van der Waals surface area contributed by atoms with Gasteiger partial charge in [-0.1, -0.05) is 12.1 Å². The van der Waals surface area contributed by atoms with Crippen molar-refractivity contribution in [1.29, 1.82) is 0 Å². The molecule has 1 aliphatic rings. The molecular weight excluding hydrogens is 350 g/mol. The molecule has 3 heterocycles. The van der Waals surface area contributed by atoms with Gasteiger partial charge in [0.05, 0.1) is 6.33 Å². The molecule has 0 unspecified atom stereocenters. The number of nitrogens with zero attached hydrogens (tertiary/aromatic N) is 4. The summed E-state index contributed by atoms with van der Waals surface area (Å²) >= 11 is 0. The molecule has 10 heteroatoms. The Morgan fingerprint density at radius 2 is 2.00 bits per heavy atom. The van der Waals surface area contributed by atoms with Gasteiger partial charge in [0.15, 0.2) is 17.7 Å². The number of nitrogen functional groups attached to an aromatic ring is 2. The number of fused-ring (bicyclic) bond motifs is 1. The molecule has 3 aromatic rings. The number of hydrogen-bond donors (Lipinski definition) is 5. The molecule has 0 saturated carbocycles. The highest BCUT2D eigenvalue weighted by Crippen LogP contribution is 2.31. The molecule has 4 atom stereocenters. The molecule has 0 amide bonds. The van der Waals surface area contributed by atoms with Crippen LogP contribution in [0.4, 0.5) is 11.5 Å². The predicted octanol–water partition coefficient (Wildman–Crippen LogP) is -0.600. The maximum Gasteiger partial charge on any atom is 0.167 e. The average molecular weight is 371 g/mol. The Morgan fingerprint density at radius 3 is 2.81 bits per heavy atom. The second kappa shape index (κ2) is 7.08. The third-order valence-corrected chi connectivity index (χ3v) is 4.62. The second-order valence-electron chi connectivity index (χ2n) is 6.51. The summed E-state index contributed by atoms with van der Waals surface area (Å²) in [4.78, 5) is 12.2. The van der Waals surface area contributed by atoms with Crippen molar-refractivity contribution in [2.75, 3.05) is 18.0 Å². The lowest BCUT2D eigenvalue weighted by Gasteiger charge is -2.16. The quantitative estimate of drug-likeness (QED) is 0.369. The molecule has 0 aliphatic carbocycles. The van der Waals surface area contributed by atoms with Gasteiger partial charge in [-0.05, 0) is 17.7 Å². The minimum absolute atomic E-state index is 0.243. The van der Waals surface area contributed by atoms with Crippen LogP contribution in [0.2, 0.25) is 0 Å². The summed E-state index contributed by atoms with van der Waals surface area (Å²) in [6, 6.07) is 7.53. The smallest absolute Gasteiger partial charge is 0.167 e. The zero-order chi connectivity index (χ0) is 19.0. The Bertz CT molecular complexity index is 947. The highest BCUT2D eigenvalue weighted by molar-refractivity contribution is 5.81. The number of hydrogen-bond acceptors (Lipinski definition) is 9. The number of ether oxygens (including phenoxy) is 1. The van der Waals surface area contributed by atoms with Gasteiger partial charge in [0.1, 0.15) is 30.2 Å². The van der Waals surface area contributed by atoms with Crippen molar-refractivity contribution in [3.05, 3.63) is 42.5 Å². The van der Waals surface area contributed by atoms with Crippen molar-refractivity contribution in [3.63, 3.8) is 0 Å². The fourth-order valence-corrected chi connectivity index (χ4v) is 3.25. The molecule has 0 spiro atoms. The molecule has 0 bridgehead atoms. The summed E-state index contributed by atoms with van der Waals surface area (Å²) in [6.07, 6.45) is -0.809. The molecular formula is C17H21N7O3. The molecule has 142 valence electrons. The van der Waals surface area contributed by atoms with Crippen LogP contribution in [0.5, 0.6) is 0 Å². The Hall–Kier alpha value is -2.79. The van der Waals surface area contributed by atoms with E-state index in [-0.39, 0.29) is 5.82 Å². The van der Waals surface area contributed by atoms with Crippen LogP contribution in [0, 0.1) is 0 Å².